The summed E-state index contributed by atoms with van der Waals surface area (Å²) in [6, 6.07) is 0.446. The van der Waals surface area contributed by atoms with Gasteiger partial charge in [0.1, 0.15) is 0 Å². The number of nitrogens with two attached hydrogens (primary N) is 1. The molecule has 1 saturated carbocycles. The van der Waals surface area contributed by atoms with Crippen molar-refractivity contribution in [1.29, 1.82) is 0 Å². The molecule has 0 radical (unpaired) electrons. The Labute approximate surface area is 113 Å². The molecule has 1 atom stereocenters. The average Bonchev–Trinajstić information content (AvgIpc) is 3.12. The summed E-state index contributed by atoms with van der Waals surface area (Å²) in [7, 11) is 0. The fourth-order valence-corrected chi connectivity index (χ4v) is 3.32. The average molecular weight is 266 g/mol. The topological polar surface area (TPSA) is 45.4 Å². The molecule has 1 aliphatic heterocycles. The number of hydrogen-bond donors (Lipinski definition) is 1. The summed E-state index contributed by atoms with van der Waals surface area (Å²) in [4.78, 5) is 9.32. The molecule has 1 unspecified atom stereocenters. The first kappa shape index (κ1) is 12.4. The van der Waals surface area contributed by atoms with E-state index in [-0.39, 0.29) is 0 Å². The predicted octanol–water partition coefficient (Wildman–Crippen LogP) is 1.39. The SMILES string of the molecule is NC(CCN1CCN(c2nccs2)CC1)C1CC1. The van der Waals surface area contributed by atoms with Gasteiger partial charge in [-0.25, -0.2) is 4.98 Å². The Morgan fingerprint density at radius 3 is 2.72 bits per heavy atom. The van der Waals surface area contributed by atoms with Crippen LogP contribution < -0.4 is 10.6 Å². The van der Waals surface area contributed by atoms with Gasteiger partial charge in [-0.3, -0.25) is 4.90 Å². The molecule has 18 heavy (non-hydrogen) atoms. The molecule has 1 aromatic rings. The molecule has 0 amide bonds. The minimum Gasteiger partial charge on any atom is -0.346 e. The van der Waals surface area contributed by atoms with Crippen molar-refractivity contribution in [3.63, 3.8) is 0 Å². The highest BCUT2D eigenvalue weighted by Gasteiger charge is 2.28. The Hall–Kier alpha value is -0.650. The minimum absolute atomic E-state index is 0.446. The first-order valence-electron chi connectivity index (χ1n) is 6.95. The summed E-state index contributed by atoms with van der Waals surface area (Å²) in [6.45, 7) is 5.68. The highest BCUT2D eigenvalue weighted by molar-refractivity contribution is 7.13. The maximum absolute atomic E-state index is 6.16. The van der Waals surface area contributed by atoms with Crippen molar-refractivity contribution >= 4 is 16.5 Å². The molecule has 100 valence electrons. The minimum atomic E-state index is 0.446. The first-order valence-corrected chi connectivity index (χ1v) is 7.83. The van der Waals surface area contributed by atoms with Gasteiger partial charge < -0.3 is 10.6 Å². The van der Waals surface area contributed by atoms with E-state index in [9.17, 15) is 0 Å². The van der Waals surface area contributed by atoms with Gasteiger partial charge in [-0.1, -0.05) is 0 Å². The third-order valence-electron chi connectivity index (χ3n) is 4.07. The third kappa shape index (κ3) is 3.02. The molecule has 3 rings (SSSR count). The van der Waals surface area contributed by atoms with Crippen molar-refractivity contribution in [2.45, 2.75) is 25.3 Å². The maximum Gasteiger partial charge on any atom is 0.185 e. The van der Waals surface area contributed by atoms with Crippen molar-refractivity contribution in [3.8, 4) is 0 Å². The van der Waals surface area contributed by atoms with Crippen LogP contribution in [0.2, 0.25) is 0 Å². The zero-order valence-electron chi connectivity index (χ0n) is 10.8. The lowest BCUT2D eigenvalue weighted by molar-refractivity contribution is 0.245. The van der Waals surface area contributed by atoms with Gasteiger partial charge >= 0.3 is 0 Å². The van der Waals surface area contributed by atoms with Crippen LogP contribution in [0.25, 0.3) is 0 Å². The second-order valence-electron chi connectivity index (χ2n) is 5.43. The van der Waals surface area contributed by atoms with E-state index in [1.54, 1.807) is 11.3 Å². The van der Waals surface area contributed by atoms with Gasteiger partial charge in [-0.05, 0) is 31.7 Å². The lowest BCUT2D eigenvalue weighted by Crippen LogP contribution is -2.47. The number of hydrogen-bond acceptors (Lipinski definition) is 5. The summed E-state index contributed by atoms with van der Waals surface area (Å²) < 4.78 is 0. The Morgan fingerprint density at radius 2 is 2.11 bits per heavy atom. The monoisotopic (exact) mass is 266 g/mol. The van der Waals surface area contributed by atoms with Crippen molar-refractivity contribution in [2.75, 3.05) is 37.6 Å². The third-order valence-corrected chi connectivity index (χ3v) is 4.90. The van der Waals surface area contributed by atoms with E-state index < -0.39 is 0 Å². The zero-order chi connectivity index (χ0) is 12.4. The summed E-state index contributed by atoms with van der Waals surface area (Å²) in [6.07, 6.45) is 5.78. The van der Waals surface area contributed by atoms with E-state index in [1.807, 2.05) is 6.20 Å². The van der Waals surface area contributed by atoms with Gasteiger partial charge in [-0.2, -0.15) is 0 Å². The van der Waals surface area contributed by atoms with Crippen LogP contribution in [0.5, 0.6) is 0 Å². The van der Waals surface area contributed by atoms with Crippen molar-refractivity contribution in [3.05, 3.63) is 11.6 Å². The van der Waals surface area contributed by atoms with E-state index >= 15 is 0 Å². The van der Waals surface area contributed by atoms with E-state index in [2.05, 4.69) is 20.2 Å². The van der Waals surface area contributed by atoms with E-state index in [4.69, 9.17) is 5.73 Å². The molecule has 0 spiro atoms. The van der Waals surface area contributed by atoms with Crippen LogP contribution in [-0.4, -0.2) is 48.6 Å². The molecular weight excluding hydrogens is 244 g/mol. The fourth-order valence-electron chi connectivity index (χ4n) is 2.63. The van der Waals surface area contributed by atoms with E-state index in [0.717, 1.165) is 32.1 Å². The second-order valence-corrected chi connectivity index (χ2v) is 6.31. The standard InChI is InChI=1S/C13H22N4S/c14-12(11-1-2-11)3-5-16-6-8-17(9-7-16)13-15-4-10-18-13/h4,10-12H,1-3,5-9,14H2. The van der Waals surface area contributed by atoms with Gasteiger partial charge in [0.2, 0.25) is 0 Å². The summed E-state index contributed by atoms with van der Waals surface area (Å²) >= 11 is 1.74. The highest BCUT2D eigenvalue weighted by Crippen LogP contribution is 2.32. The molecule has 1 saturated heterocycles. The van der Waals surface area contributed by atoms with Gasteiger partial charge in [0, 0.05) is 43.8 Å². The Balaban J connectivity index is 1.40. The molecule has 1 aliphatic carbocycles. The number of rotatable bonds is 5. The molecular formula is C13H22N4S. The second kappa shape index (κ2) is 5.55. The Morgan fingerprint density at radius 1 is 1.33 bits per heavy atom. The lowest BCUT2D eigenvalue weighted by Gasteiger charge is -2.35. The molecule has 2 N–H and O–H groups in total. The highest BCUT2D eigenvalue weighted by atomic mass is 32.1. The summed E-state index contributed by atoms with van der Waals surface area (Å²) in [5, 5.41) is 3.22. The Bertz CT molecular complexity index is 355. The first-order chi connectivity index (χ1) is 8.83. The maximum atomic E-state index is 6.16. The zero-order valence-corrected chi connectivity index (χ0v) is 11.6. The van der Waals surface area contributed by atoms with Gasteiger partial charge in [0.05, 0.1) is 0 Å². The largest absolute Gasteiger partial charge is 0.346 e. The lowest BCUT2D eigenvalue weighted by atomic mass is 10.1. The van der Waals surface area contributed by atoms with Crippen LogP contribution in [0.1, 0.15) is 19.3 Å². The molecule has 2 aliphatic rings. The number of piperazine rings is 1. The van der Waals surface area contributed by atoms with Crippen LogP contribution in [0.3, 0.4) is 0 Å². The van der Waals surface area contributed by atoms with E-state index in [0.29, 0.717) is 6.04 Å². The van der Waals surface area contributed by atoms with Crippen LogP contribution >= 0.6 is 11.3 Å². The number of aromatic nitrogens is 1. The summed E-state index contributed by atoms with van der Waals surface area (Å²) in [5.74, 6) is 0.835. The van der Waals surface area contributed by atoms with Crippen LogP contribution in [0, 0.1) is 5.92 Å². The van der Waals surface area contributed by atoms with Gasteiger partial charge in [0.15, 0.2) is 5.13 Å². The molecule has 2 heterocycles. The normalized spacial score (nSPS) is 23.3. The fraction of sp³-hybridized carbons (Fsp3) is 0.769. The number of thiazole rings is 1. The molecule has 1 aromatic heterocycles. The van der Waals surface area contributed by atoms with Crippen LogP contribution in [0.15, 0.2) is 11.6 Å². The molecule has 0 bridgehead atoms. The smallest absolute Gasteiger partial charge is 0.185 e. The van der Waals surface area contributed by atoms with Crippen LogP contribution in [-0.2, 0) is 0 Å². The Kier molecular flexibility index (Phi) is 3.82. The van der Waals surface area contributed by atoms with Crippen molar-refractivity contribution in [2.24, 2.45) is 11.7 Å². The predicted molar refractivity (Wildman–Crippen MR) is 76.1 cm³/mol. The molecule has 4 nitrogen and oxygen atoms in total. The quantitative estimate of drug-likeness (QED) is 0.875. The van der Waals surface area contributed by atoms with Crippen molar-refractivity contribution < 1.29 is 0 Å². The molecule has 0 aromatic carbocycles. The molecule has 5 heteroatoms. The van der Waals surface area contributed by atoms with Gasteiger partial charge in [-0.15, -0.1) is 11.3 Å². The van der Waals surface area contributed by atoms with Gasteiger partial charge in [0.25, 0.3) is 0 Å². The van der Waals surface area contributed by atoms with E-state index in [1.165, 1.54) is 30.9 Å². The van der Waals surface area contributed by atoms with Crippen molar-refractivity contribution in [1.82, 2.24) is 9.88 Å². The summed E-state index contributed by atoms with van der Waals surface area (Å²) in [5.41, 5.74) is 6.16. The number of anilines is 1. The number of nitrogens with zero attached hydrogens (tertiary/aromatic N) is 3. The molecule has 2 fully saturated rings. The van der Waals surface area contributed by atoms with Crippen LogP contribution in [0.4, 0.5) is 5.13 Å².